The second-order valence-corrected chi connectivity index (χ2v) is 7.45. The van der Waals surface area contributed by atoms with E-state index in [1.807, 2.05) is 23.0 Å². The van der Waals surface area contributed by atoms with Gasteiger partial charge < -0.3 is 15.7 Å². The second-order valence-electron chi connectivity index (χ2n) is 7.45. The van der Waals surface area contributed by atoms with E-state index in [9.17, 15) is 5.11 Å². The smallest absolute Gasteiger partial charge is 0.144 e. The third-order valence-corrected chi connectivity index (χ3v) is 5.50. The lowest BCUT2D eigenvalue weighted by molar-refractivity contribution is 0.178. The van der Waals surface area contributed by atoms with E-state index in [1.165, 1.54) is 12.8 Å². The molecule has 1 aliphatic carbocycles. The third-order valence-electron chi connectivity index (χ3n) is 5.50. The Morgan fingerprint density at radius 1 is 1.22 bits per heavy atom. The number of nitrogens with one attached hydrogen (secondary N) is 2. The van der Waals surface area contributed by atoms with E-state index in [4.69, 9.17) is 0 Å². The van der Waals surface area contributed by atoms with Crippen molar-refractivity contribution < 1.29 is 5.11 Å². The number of aliphatic hydroxyl groups excluding tert-OH is 1. The van der Waals surface area contributed by atoms with Gasteiger partial charge in [-0.1, -0.05) is 18.9 Å². The summed E-state index contributed by atoms with van der Waals surface area (Å²) in [4.78, 5) is 4.18. The maximum absolute atomic E-state index is 9.71. The highest BCUT2D eigenvalue weighted by molar-refractivity contribution is 6.36. The van der Waals surface area contributed by atoms with Crippen LogP contribution in [0.1, 0.15) is 31.2 Å². The van der Waals surface area contributed by atoms with Crippen LogP contribution in [0.15, 0.2) is 42.9 Å². The average Bonchev–Trinajstić information content (AvgIpc) is 3.08. The van der Waals surface area contributed by atoms with Gasteiger partial charge in [-0.05, 0) is 36.0 Å². The van der Waals surface area contributed by atoms with E-state index >= 15 is 0 Å². The van der Waals surface area contributed by atoms with Crippen molar-refractivity contribution in [2.45, 2.75) is 38.3 Å². The molecule has 0 spiro atoms. The summed E-state index contributed by atoms with van der Waals surface area (Å²) in [5.74, 6) is 1.27. The molecule has 1 fully saturated rings. The molecule has 27 heavy (non-hydrogen) atoms. The fraction of sp³-hybridized carbons (Fsp3) is 0.400. The van der Waals surface area contributed by atoms with Crippen molar-refractivity contribution in [2.75, 3.05) is 17.2 Å². The van der Waals surface area contributed by atoms with Crippen LogP contribution in [-0.2, 0) is 6.54 Å². The van der Waals surface area contributed by atoms with E-state index in [0.29, 0.717) is 18.5 Å². The monoisotopic (exact) mass is 363 g/mol. The number of aromatic nitrogens is 3. The lowest BCUT2D eigenvalue weighted by Gasteiger charge is -2.32. The van der Waals surface area contributed by atoms with Crippen molar-refractivity contribution in [3.8, 4) is 0 Å². The fourth-order valence-corrected chi connectivity index (χ4v) is 3.94. The van der Waals surface area contributed by atoms with Gasteiger partial charge in [-0.25, -0.2) is 4.52 Å². The summed E-state index contributed by atoms with van der Waals surface area (Å²) in [6.45, 7) is 0.936. The molecule has 0 saturated heterocycles. The minimum atomic E-state index is 0.248. The number of nitrogens with zero attached hydrogens (tertiary/aromatic N) is 3. The highest BCUT2D eigenvalue weighted by atomic mass is 16.3. The average molecular weight is 363 g/mol. The topological polar surface area (TPSA) is 74.5 Å². The van der Waals surface area contributed by atoms with Gasteiger partial charge in [0, 0.05) is 55.5 Å². The van der Waals surface area contributed by atoms with Gasteiger partial charge in [0.05, 0.1) is 5.52 Å². The minimum absolute atomic E-state index is 0.248. The number of hydrogen-bond donors (Lipinski definition) is 3. The molecule has 2 atom stereocenters. The zero-order chi connectivity index (χ0) is 18.6. The minimum Gasteiger partial charge on any atom is -0.396 e. The van der Waals surface area contributed by atoms with Gasteiger partial charge in [0.1, 0.15) is 13.7 Å². The van der Waals surface area contributed by atoms with Crippen molar-refractivity contribution in [1.29, 1.82) is 0 Å². The van der Waals surface area contributed by atoms with Crippen LogP contribution in [0, 0.1) is 5.92 Å². The molecule has 0 aromatic carbocycles. The van der Waals surface area contributed by atoms with Crippen molar-refractivity contribution in [1.82, 2.24) is 14.6 Å². The number of hydrogen-bond acceptors (Lipinski definition) is 5. The standard InChI is InChI=1S/C20H26BN5O/c21-17-12-24-26-19(17)8-16(25-18-6-2-1-5-15(18)13-27)9-20(26)23-11-14-4-3-7-22-10-14/h3-4,7-10,12,15,18,23,25,27H,1-2,5-6,11,13,21H2/t15-,18-/m1/s1. The van der Waals surface area contributed by atoms with Crippen LogP contribution in [0.5, 0.6) is 0 Å². The molecule has 3 N–H and O–H groups in total. The molecule has 3 aromatic rings. The summed E-state index contributed by atoms with van der Waals surface area (Å²) >= 11 is 0. The van der Waals surface area contributed by atoms with Crippen LogP contribution >= 0.6 is 0 Å². The Labute approximate surface area is 160 Å². The Kier molecular flexibility index (Phi) is 5.29. The van der Waals surface area contributed by atoms with Gasteiger partial charge in [0.25, 0.3) is 0 Å². The maximum atomic E-state index is 9.71. The summed E-state index contributed by atoms with van der Waals surface area (Å²) in [5, 5.41) is 21.4. The first-order valence-corrected chi connectivity index (χ1v) is 9.73. The molecule has 3 heterocycles. The quantitative estimate of drug-likeness (QED) is 0.580. The number of anilines is 2. The molecule has 6 nitrogen and oxygen atoms in total. The van der Waals surface area contributed by atoms with Crippen LogP contribution in [-0.4, -0.2) is 40.2 Å². The van der Waals surface area contributed by atoms with Crippen molar-refractivity contribution in [2.24, 2.45) is 5.92 Å². The first-order chi connectivity index (χ1) is 13.2. The van der Waals surface area contributed by atoms with Crippen LogP contribution in [0.25, 0.3) is 5.52 Å². The van der Waals surface area contributed by atoms with Crippen molar-refractivity contribution >= 4 is 30.3 Å². The fourth-order valence-electron chi connectivity index (χ4n) is 3.94. The molecular weight excluding hydrogens is 337 g/mol. The molecule has 0 unspecified atom stereocenters. The first kappa shape index (κ1) is 17.9. The Balaban J connectivity index is 1.60. The predicted molar refractivity (Wildman–Crippen MR) is 111 cm³/mol. The summed E-state index contributed by atoms with van der Waals surface area (Å²) in [5.41, 5.74) is 4.43. The number of fused-ring (bicyclic) bond motifs is 1. The normalized spacial score (nSPS) is 19.9. The largest absolute Gasteiger partial charge is 0.396 e. The van der Waals surface area contributed by atoms with Gasteiger partial charge >= 0.3 is 0 Å². The lowest BCUT2D eigenvalue weighted by atomic mass is 9.85. The van der Waals surface area contributed by atoms with Crippen LogP contribution in [0.4, 0.5) is 11.5 Å². The molecule has 4 rings (SSSR count). The second kappa shape index (κ2) is 8.00. The zero-order valence-electron chi connectivity index (χ0n) is 15.7. The molecule has 3 aromatic heterocycles. The molecule has 0 radical (unpaired) electrons. The number of rotatable bonds is 6. The number of pyridine rings is 2. The van der Waals surface area contributed by atoms with E-state index in [1.54, 1.807) is 6.20 Å². The lowest BCUT2D eigenvalue weighted by Crippen LogP contribution is -2.34. The van der Waals surface area contributed by atoms with Gasteiger partial charge in [-0.15, -0.1) is 0 Å². The van der Waals surface area contributed by atoms with Gasteiger partial charge in [0.2, 0.25) is 0 Å². The maximum Gasteiger partial charge on any atom is 0.144 e. The Bertz CT molecular complexity index is 898. The number of aliphatic hydroxyl groups is 1. The predicted octanol–water partition coefficient (Wildman–Crippen LogP) is 1.56. The Morgan fingerprint density at radius 2 is 2.11 bits per heavy atom. The Morgan fingerprint density at radius 3 is 2.93 bits per heavy atom. The summed E-state index contributed by atoms with van der Waals surface area (Å²) in [7, 11) is 2.08. The molecule has 0 aliphatic heterocycles. The molecule has 7 heteroatoms. The van der Waals surface area contributed by atoms with Gasteiger partial charge in [0.15, 0.2) is 0 Å². The van der Waals surface area contributed by atoms with Crippen LogP contribution < -0.4 is 16.1 Å². The highest BCUT2D eigenvalue weighted by Crippen LogP contribution is 2.28. The van der Waals surface area contributed by atoms with E-state index in [0.717, 1.165) is 40.9 Å². The van der Waals surface area contributed by atoms with Crippen LogP contribution in [0.2, 0.25) is 0 Å². The SMILES string of the molecule is Bc1cnn2c(NCc3cccnc3)cc(N[C@@H]3CCCC[C@@H]3CO)cc12. The first-order valence-electron chi connectivity index (χ1n) is 9.73. The molecule has 1 saturated carbocycles. The summed E-state index contributed by atoms with van der Waals surface area (Å²) in [6, 6.07) is 8.59. The van der Waals surface area contributed by atoms with Crippen LogP contribution in [0.3, 0.4) is 0 Å². The van der Waals surface area contributed by atoms with E-state index in [-0.39, 0.29) is 6.61 Å². The van der Waals surface area contributed by atoms with Crippen molar-refractivity contribution in [3.63, 3.8) is 0 Å². The molecule has 1 aliphatic rings. The third kappa shape index (κ3) is 3.93. The zero-order valence-corrected chi connectivity index (χ0v) is 15.7. The van der Waals surface area contributed by atoms with Gasteiger partial charge in [-0.2, -0.15) is 5.10 Å². The van der Waals surface area contributed by atoms with Gasteiger partial charge in [-0.3, -0.25) is 4.98 Å². The van der Waals surface area contributed by atoms with E-state index in [2.05, 4.69) is 46.8 Å². The Hall–Kier alpha value is -2.54. The molecular formula is C20H26BN5O. The summed E-state index contributed by atoms with van der Waals surface area (Å²) < 4.78 is 1.95. The molecule has 140 valence electrons. The van der Waals surface area contributed by atoms with E-state index < -0.39 is 0 Å². The summed E-state index contributed by atoms with van der Waals surface area (Å²) in [6.07, 6.45) is 10.2. The highest BCUT2D eigenvalue weighted by Gasteiger charge is 2.24. The van der Waals surface area contributed by atoms with Crippen molar-refractivity contribution in [3.05, 3.63) is 48.4 Å². The molecule has 0 amide bonds. The molecule has 0 bridgehead atoms.